The van der Waals surface area contributed by atoms with Crippen LogP contribution in [0.25, 0.3) is 28.5 Å². The number of carbonyl (C=O) groups is 2. The van der Waals surface area contributed by atoms with Gasteiger partial charge in [0.2, 0.25) is 5.95 Å². The molecule has 0 bridgehead atoms. The fourth-order valence-corrected chi connectivity index (χ4v) is 5.43. The van der Waals surface area contributed by atoms with Crippen LogP contribution in [-0.2, 0) is 11.3 Å². The third kappa shape index (κ3) is 5.84. The number of nitrogens with one attached hydrogen (secondary N) is 2. The van der Waals surface area contributed by atoms with Gasteiger partial charge >= 0.3 is 0 Å². The standard InChI is InChI=1S/C28H25FN6O3S/c29-19-12-21(32-22(13-19)24-11-18-3-1-2-4-23(18)38-24)16-30-15-17-6-9-35(10-7-17)27-31-8-5-20(33-27)14-25-26(36)34-28(37)39-25/h1-5,8,11-14,17,30H,6-7,9-10,15-16H2,(H,34,36,37)/b25-14-. The van der Waals surface area contributed by atoms with Crippen LogP contribution in [0.15, 0.2) is 64.1 Å². The minimum absolute atomic E-state index is 0.326. The Kier molecular flexibility index (Phi) is 7.08. The van der Waals surface area contributed by atoms with Gasteiger partial charge in [-0.15, -0.1) is 0 Å². The minimum Gasteiger partial charge on any atom is -0.454 e. The minimum atomic E-state index is -0.405. The van der Waals surface area contributed by atoms with E-state index in [9.17, 15) is 14.0 Å². The van der Waals surface area contributed by atoms with Crippen LogP contribution < -0.4 is 15.5 Å². The van der Waals surface area contributed by atoms with E-state index in [1.54, 1.807) is 18.3 Å². The Bertz CT molecular complexity index is 1550. The Labute approximate surface area is 227 Å². The lowest BCUT2D eigenvalue weighted by Crippen LogP contribution is -2.38. The topological polar surface area (TPSA) is 113 Å². The number of fused-ring (bicyclic) bond motifs is 1. The number of nitrogens with zero attached hydrogens (tertiary/aromatic N) is 4. The molecule has 2 aliphatic heterocycles. The molecule has 0 unspecified atom stereocenters. The fourth-order valence-electron chi connectivity index (χ4n) is 4.77. The molecule has 4 aromatic rings. The Balaban J connectivity index is 1.02. The molecule has 2 fully saturated rings. The number of anilines is 1. The van der Waals surface area contributed by atoms with Crippen molar-refractivity contribution < 1.29 is 18.4 Å². The van der Waals surface area contributed by atoms with Crippen LogP contribution in [-0.4, -0.2) is 45.7 Å². The zero-order valence-corrected chi connectivity index (χ0v) is 21.7. The summed E-state index contributed by atoms with van der Waals surface area (Å²) in [5, 5.41) is 6.25. The molecule has 2 aliphatic rings. The number of rotatable bonds is 7. The van der Waals surface area contributed by atoms with Crippen LogP contribution >= 0.6 is 11.8 Å². The number of hydrogen-bond donors (Lipinski definition) is 2. The van der Waals surface area contributed by atoms with E-state index >= 15 is 0 Å². The first kappa shape index (κ1) is 25.2. The van der Waals surface area contributed by atoms with Crippen molar-refractivity contribution in [3.05, 3.63) is 76.8 Å². The predicted molar refractivity (Wildman–Crippen MR) is 147 cm³/mol. The maximum atomic E-state index is 14.4. The van der Waals surface area contributed by atoms with Gasteiger partial charge in [-0.3, -0.25) is 14.9 Å². The number of imide groups is 1. The second-order valence-electron chi connectivity index (χ2n) is 9.51. The molecule has 2 amide bonds. The van der Waals surface area contributed by atoms with Crippen LogP contribution in [0.5, 0.6) is 0 Å². The van der Waals surface area contributed by atoms with Crippen molar-refractivity contribution in [1.82, 2.24) is 25.6 Å². The smallest absolute Gasteiger partial charge is 0.290 e. The molecule has 0 saturated carbocycles. The fraction of sp³-hybridized carbons (Fsp3) is 0.250. The number of halogens is 1. The molecule has 0 aliphatic carbocycles. The Morgan fingerprint density at radius 1 is 1.13 bits per heavy atom. The SMILES string of the molecule is O=C1NC(=O)/C(=C/c2ccnc(N3CCC(CNCc4cc(F)cc(-c5cc6ccccc6o5)n4)CC3)n2)S1. The highest BCUT2D eigenvalue weighted by atomic mass is 32.2. The highest BCUT2D eigenvalue weighted by molar-refractivity contribution is 8.18. The van der Waals surface area contributed by atoms with Crippen molar-refractivity contribution in [2.45, 2.75) is 19.4 Å². The number of furan rings is 1. The number of hydrogen-bond acceptors (Lipinski definition) is 9. The quantitative estimate of drug-likeness (QED) is 0.318. The first-order valence-corrected chi connectivity index (χ1v) is 13.5. The summed E-state index contributed by atoms with van der Waals surface area (Å²) in [6.07, 6.45) is 5.17. The second-order valence-corrected chi connectivity index (χ2v) is 10.5. The number of aromatic nitrogens is 3. The molecule has 3 aromatic heterocycles. The summed E-state index contributed by atoms with van der Waals surface area (Å²) >= 11 is 0.868. The van der Waals surface area contributed by atoms with Crippen molar-refractivity contribution in [3.8, 4) is 11.5 Å². The van der Waals surface area contributed by atoms with Gasteiger partial charge in [-0.05, 0) is 67.4 Å². The molecular formula is C28H25FN6O3S. The lowest BCUT2D eigenvalue weighted by atomic mass is 9.97. The second kappa shape index (κ2) is 11.0. The molecule has 198 valence electrons. The Morgan fingerprint density at radius 2 is 1.97 bits per heavy atom. The van der Waals surface area contributed by atoms with E-state index in [-0.39, 0.29) is 11.1 Å². The van der Waals surface area contributed by atoms with E-state index in [0.29, 0.717) is 46.2 Å². The molecule has 5 heterocycles. The van der Waals surface area contributed by atoms with Gasteiger partial charge in [-0.2, -0.15) is 0 Å². The van der Waals surface area contributed by atoms with E-state index in [2.05, 4.69) is 30.5 Å². The summed E-state index contributed by atoms with van der Waals surface area (Å²) in [5.41, 5.74) is 2.43. The van der Waals surface area contributed by atoms with Gasteiger partial charge in [-0.25, -0.2) is 19.3 Å². The zero-order valence-electron chi connectivity index (χ0n) is 20.9. The van der Waals surface area contributed by atoms with Crippen LogP contribution in [0.1, 0.15) is 24.2 Å². The van der Waals surface area contributed by atoms with Gasteiger partial charge in [-0.1, -0.05) is 18.2 Å². The summed E-state index contributed by atoms with van der Waals surface area (Å²) in [4.78, 5) is 39.2. The van der Waals surface area contributed by atoms with Crippen molar-refractivity contribution in [3.63, 3.8) is 0 Å². The summed E-state index contributed by atoms with van der Waals surface area (Å²) in [5.74, 6) is 0.859. The number of amides is 2. The molecule has 2 saturated heterocycles. The molecule has 39 heavy (non-hydrogen) atoms. The van der Waals surface area contributed by atoms with Gasteiger partial charge in [0.05, 0.1) is 16.3 Å². The van der Waals surface area contributed by atoms with E-state index in [1.165, 1.54) is 12.1 Å². The lowest BCUT2D eigenvalue weighted by Gasteiger charge is -2.32. The lowest BCUT2D eigenvalue weighted by molar-refractivity contribution is -0.115. The molecule has 1 aromatic carbocycles. The normalized spacial score (nSPS) is 17.4. The van der Waals surface area contributed by atoms with Crippen LogP contribution in [0, 0.1) is 11.7 Å². The van der Waals surface area contributed by atoms with Gasteiger partial charge in [0, 0.05) is 37.3 Å². The third-order valence-electron chi connectivity index (χ3n) is 6.74. The molecule has 0 atom stereocenters. The highest BCUT2D eigenvalue weighted by Crippen LogP contribution is 2.28. The first-order chi connectivity index (χ1) is 19.0. The number of piperidine rings is 1. The highest BCUT2D eigenvalue weighted by Gasteiger charge is 2.26. The number of carbonyl (C=O) groups excluding carboxylic acids is 2. The molecule has 6 rings (SSSR count). The van der Waals surface area contributed by atoms with Crippen LogP contribution in [0.4, 0.5) is 15.1 Å². The maximum absolute atomic E-state index is 14.4. The molecule has 0 radical (unpaired) electrons. The largest absolute Gasteiger partial charge is 0.454 e. The van der Waals surface area contributed by atoms with E-state index in [4.69, 9.17) is 4.42 Å². The Morgan fingerprint density at radius 3 is 2.77 bits per heavy atom. The number of para-hydroxylation sites is 1. The van der Waals surface area contributed by atoms with Gasteiger partial charge in [0.25, 0.3) is 11.1 Å². The third-order valence-corrected chi connectivity index (χ3v) is 7.55. The average molecular weight is 545 g/mol. The van der Waals surface area contributed by atoms with Crippen LogP contribution in [0.2, 0.25) is 0 Å². The van der Waals surface area contributed by atoms with Gasteiger partial charge < -0.3 is 14.6 Å². The summed E-state index contributed by atoms with van der Waals surface area (Å²) in [6, 6.07) is 14.1. The maximum Gasteiger partial charge on any atom is 0.290 e. The van der Waals surface area contributed by atoms with E-state index in [0.717, 1.165) is 55.2 Å². The molecular weight excluding hydrogens is 519 g/mol. The van der Waals surface area contributed by atoms with E-state index < -0.39 is 5.91 Å². The molecule has 0 spiro atoms. The predicted octanol–water partition coefficient (Wildman–Crippen LogP) is 4.75. The molecule has 11 heteroatoms. The zero-order chi connectivity index (χ0) is 26.8. The van der Waals surface area contributed by atoms with Crippen molar-refractivity contribution in [2.75, 3.05) is 24.5 Å². The summed E-state index contributed by atoms with van der Waals surface area (Å²) < 4.78 is 20.2. The monoisotopic (exact) mass is 544 g/mol. The molecule has 2 N–H and O–H groups in total. The number of benzene rings is 1. The van der Waals surface area contributed by atoms with Crippen molar-refractivity contribution in [2.24, 2.45) is 5.92 Å². The van der Waals surface area contributed by atoms with Crippen LogP contribution in [0.3, 0.4) is 0 Å². The van der Waals surface area contributed by atoms with Crippen molar-refractivity contribution in [1.29, 1.82) is 0 Å². The van der Waals surface area contributed by atoms with Crippen molar-refractivity contribution >= 4 is 45.9 Å². The summed E-state index contributed by atoms with van der Waals surface area (Å²) in [6.45, 7) is 2.85. The summed E-state index contributed by atoms with van der Waals surface area (Å²) in [7, 11) is 0. The van der Waals surface area contributed by atoms with Gasteiger partial charge in [0.15, 0.2) is 5.76 Å². The number of pyridine rings is 1. The van der Waals surface area contributed by atoms with Gasteiger partial charge in [0.1, 0.15) is 17.1 Å². The first-order valence-electron chi connectivity index (χ1n) is 12.7. The number of thioether (sulfide) groups is 1. The molecule has 9 nitrogen and oxygen atoms in total. The average Bonchev–Trinajstić information content (AvgIpc) is 3.51. The Hall–Kier alpha value is -4.09. The van der Waals surface area contributed by atoms with E-state index in [1.807, 2.05) is 30.3 Å².